The largest absolute Gasteiger partial charge is 0.334 e. The Morgan fingerprint density at radius 3 is 3.06 bits per heavy atom. The van der Waals surface area contributed by atoms with E-state index >= 15 is 0 Å². The predicted molar refractivity (Wildman–Crippen MR) is 67.2 cm³/mol. The first-order chi connectivity index (χ1) is 8.22. The monoisotopic (exact) mass is 255 g/mol. The Balaban J connectivity index is 2.10. The van der Waals surface area contributed by atoms with Gasteiger partial charge < -0.3 is 4.90 Å². The normalized spacial score (nSPS) is 20.6. The lowest BCUT2D eigenvalue weighted by atomic mass is 9.99. The fourth-order valence-electron chi connectivity index (χ4n) is 2.37. The Labute approximate surface area is 107 Å². The van der Waals surface area contributed by atoms with Crippen LogP contribution >= 0.6 is 11.6 Å². The molecule has 1 aromatic rings. The third-order valence-corrected chi connectivity index (χ3v) is 3.48. The van der Waals surface area contributed by atoms with Crippen LogP contribution < -0.4 is 0 Å². The van der Waals surface area contributed by atoms with Crippen molar-refractivity contribution in [3.05, 3.63) is 18.0 Å². The summed E-state index contributed by atoms with van der Waals surface area (Å²) < 4.78 is 1.66. The Bertz CT molecular complexity index is 389. The van der Waals surface area contributed by atoms with Gasteiger partial charge in [-0.05, 0) is 31.7 Å². The number of piperidine rings is 1. The Hall–Kier alpha value is -1.03. The molecule has 1 aliphatic heterocycles. The van der Waals surface area contributed by atoms with Gasteiger partial charge in [0.2, 0.25) is 0 Å². The highest BCUT2D eigenvalue weighted by Gasteiger charge is 2.27. The number of aromatic nitrogens is 2. The van der Waals surface area contributed by atoms with Gasteiger partial charge in [-0.3, -0.25) is 9.48 Å². The lowest BCUT2D eigenvalue weighted by Crippen LogP contribution is -2.44. The topological polar surface area (TPSA) is 38.1 Å². The van der Waals surface area contributed by atoms with Crippen LogP contribution in [0, 0.1) is 0 Å². The summed E-state index contributed by atoms with van der Waals surface area (Å²) in [4.78, 5) is 14.2. The highest BCUT2D eigenvalue weighted by atomic mass is 35.5. The molecule has 1 atom stereocenters. The third-order valence-electron chi connectivity index (χ3n) is 3.26. The van der Waals surface area contributed by atoms with Crippen LogP contribution in [0.3, 0.4) is 0 Å². The van der Waals surface area contributed by atoms with Gasteiger partial charge in [0.1, 0.15) is 5.69 Å². The lowest BCUT2D eigenvalue weighted by Gasteiger charge is -2.35. The fourth-order valence-corrected chi connectivity index (χ4v) is 2.62. The number of amides is 1. The van der Waals surface area contributed by atoms with E-state index in [1.54, 1.807) is 16.9 Å². The van der Waals surface area contributed by atoms with Crippen molar-refractivity contribution in [3.63, 3.8) is 0 Å². The summed E-state index contributed by atoms with van der Waals surface area (Å²) in [6.45, 7) is 0.830. The zero-order valence-electron chi connectivity index (χ0n) is 10.1. The average Bonchev–Trinajstić information content (AvgIpc) is 2.76. The number of hydrogen-bond donors (Lipinski definition) is 0. The van der Waals surface area contributed by atoms with Crippen molar-refractivity contribution in [3.8, 4) is 0 Å². The van der Waals surface area contributed by atoms with E-state index in [1.807, 2.05) is 11.9 Å². The summed E-state index contributed by atoms with van der Waals surface area (Å²) in [7, 11) is 1.82. The van der Waals surface area contributed by atoms with Gasteiger partial charge in [-0.25, -0.2) is 0 Å². The van der Waals surface area contributed by atoms with E-state index < -0.39 is 0 Å². The molecule has 1 amide bonds. The standard InChI is InChI=1S/C12H18ClN3O/c1-15-9-6-11(14-15)12(17)16-8-3-2-4-10(16)5-7-13/h6,9-10H,2-5,7-8H2,1H3. The number of carbonyl (C=O) groups excluding carboxylic acids is 1. The van der Waals surface area contributed by atoms with Crippen molar-refractivity contribution < 1.29 is 4.79 Å². The molecule has 0 aromatic carbocycles. The van der Waals surface area contributed by atoms with Crippen molar-refractivity contribution in [1.29, 1.82) is 0 Å². The van der Waals surface area contributed by atoms with Crippen LogP contribution in [0.2, 0.25) is 0 Å². The maximum Gasteiger partial charge on any atom is 0.274 e. The number of aryl methyl sites for hydroxylation is 1. The minimum absolute atomic E-state index is 0.0421. The van der Waals surface area contributed by atoms with E-state index in [9.17, 15) is 4.79 Å². The van der Waals surface area contributed by atoms with Crippen LogP contribution in [-0.4, -0.2) is 39.1 Å². The number of halogens is 1. The first-order valence-corrected chi connectivity index (χ1v) is 6.62. The van der Waals surface area contributed by atoms with Gasteiger partial charge in [-0.2, -0.15) is 5.10 Å². The Morgan fingerprint density at radius 2 is 2.41 bits per heavy atom. The van der Waals surface area contributed by atoms with Gasteiger partial charge >= 0.3 is 0 Å². The minimum atomic E-state index is 0.0421. The summed E-state index contributed by atoms with van der Waals surface area (Å²) >= 11 is 5.80. The molecule has 1 saturated heterocycles. The third kappa shape index (κ3) is 2.80. The number of nitrogens with zero attached hydrogens (tertiary/aromatic N) is 3. The second-order valence-corrected chi connectivity index (χ2v) is 4.88. The summed E-state index contributed by atoms with van der Waals surface area (Å²) in [6.07, 6.45) is 6.00. The number of carbonyl (C=O) groups is 1. The number of rotatable bonds is 3. The number of alkyl halides is 1. The molecule has 1 unspecified atom stereocenters. The summed E-state index contributed by atoms with van der Waals surface area (Å²) in [6, 6.07) is 2.06. The molecule has 2 heterocycles. The maximum absolute atomic E-state index is 12.3. The van der Waals surface area contributed by atoms with E-state index in [2.05, 4.69) is 5.10 Å². The summed E-state index contributed by atoms with van der Waals surface area (Å²) in [5.41, 5.74) is 0.536. The van der Waals surface area contributed by atoms with Crippen LogP contribution in [-0.2, 0) is 7.05 Å². The molecular weight excluding hydrogens is 238 g/mol. The number of hydrogen-bond acceptors (Lipinski definition) is 2. The van der Waals surface area contributed by atoms with Gasteiger partial charge in [0.05, 0.1) is 0 Å². The van der Waals surface area contributed by atoms with Gasteiger partial charge in [0.25, 0.3) is 5.91 Å². The zero-order chi connectivity index (χ0) is 12.3. The molecule has 0 bridgehead atoms. The molecule has 94 valence electrons. The van der Waals surface area contributed by atoms with Crippen LogP contribution in [0.4, 0.5) is 0 Å². The van der Waals surface area contributed by atoms with E-state index in [4.69, 9.17) is 11.6 Å². The molecule has 0 aliphatic carbocycles. The van der Waals surface area contributed by atoms with E-state index in [1.165, 1.54) is 6.42 Å². The molecule has 4 nitrogen and oxygen atoms in total. The molecule has 17 heavy (non-hydrogen) atoms. The van der Waals surface area contributed by atoms with Gasteiger partial charge in [0, 0.05) is 31.7 Å². The molecular formula is C12H18ClN3O. The van der Waals surface area contributed by atoms with E-state index in [-0.39, 0.29) is 11.9 Å². The minimum Gasteiger partial charge on any atom is -0.334 e. The van der Waals surface area contributed by atoms with Crippen LogP contribution in [0.5, 0.6) is 0 Å². The van der Waals surface area contributed by atoms with E-state index in [0.717, 1.165) is 25.8 Å². The average molecular weight is 256 g/mol. The second kappa shape index (κ2) is 5.54. The second-order valence-electron chi connectivity index (χ2n) is 4.50. The zero-order valence-corrected chi connectivity index (χ0v) is 10.9. The summed E-state index contributed by atoms with van der Waals surface area (Å²) in [5.74, 6) is 0.650. The quantitative estimate of drug-likeness (QED) is 0.776. The van der Waals surface area contributed by atoms with Crippen molar-refractivity contribution in [2.24, 2.45) is 7.05 Å². The molecule has 0 saturated carbocycles. The maximum atomic E-state index is 12.3. The van der Waals surface area contributed by atoms with Crippen molar-refractivity contribution in [1.82, 2.24) is 14.7 Å². The van der Waals surface area contributed by atoms with Crippen molar-refractivity contribution in [2.75, 3.05) is 12.4 Å². The van der Waals surface area contributed by atoms with Crippen molar-refractivity contribution in [2.45, 2.75) is 31.7 Å². The smallest absolute Gasteiger partial charge is 0.274 e. The molecule has 1 fully saturated rings. The van der Waals surface area contributed by atoms with Gasteiger partial charge in [0.15, 0.2) is 0 Å². The first-order valence-electron chi connectivity index (χ1n) is 6.09. The first kappa shape index (κ1) is 12.4. The number of likely N-dealkylation sites (tertiary alicyclic amines) is 1. The van der Waals surface area contributed by atoms with Gasteiger partial charge in [-0.15, -0.1) is 11.6 Å². The van der Waals surface area contributed by atoms with Crippen LogP contribution in [0.25, 0.3) is 0 Å². The highest BCUT2D eigenvalue weighted by Crippen LogP contribution is 2.21. The predicted octanol–water partition coefficient (Wildman–Crippen LogP) is 2.04. The van der Waals surface area contributed by atoms with E-state index in [0.29, 0.717) is 11.6 Å². The molecule has 5 heteroatoms. The lowest BCUT2D eigenvalue weighted by molar-refractivity contribution is 0.0602. The molecule has 0 spiro atoms. The SMILES string of the molecule is Cn1ccc(C(=O)N2CCCCC2CCCl)n1. The highest BCUT2D eigenvalue weighted by molar-refractivity contribution is 6.17. The molecule has 2 rings (SSSR count). The molecule has 0 radical (unpaired) electrons. The van der Waals surface area contributed by atoms with Gasteiger partial charge in [-0.1, -0.05) is 0 Å². The Kier molecular flexibility index (Phi) is 4.05. The van der Waals surface area contributed by atoms with Crippen molar-refractivity contribution >= 4 is 17.5 Å². The Morgan fingerprint density at radius 1 is 1.59 bits per heavy atom. The molecule has 0 N–H and O–H groups in total. The molecule has 1 aromatic heterocycles. The fraction of sp³-hybridized carbons (Fsp3) is 0.667. The van der Waals surface area contributed by atoms with Crippen LogP contribution in [0.1, 0.15) is 36.2 Å². The van der Waals surface area contributed by atoms with Crippen LogP contribution in [0.15, 0.2) is 12.3 Å². The summed E-state index contributed by atoms with van der Waals surface area (Å²) in [5, 5.41) is 4.17. The molecule has 1 aliphatic rings.